The molecule has 114 valence electrons. The molecular weight excluding hydrogens is 262 g/mol. The van der Waals surface area contributed by atoms with Crippen LogP contribution in [0.1, 0.15) is 37.6 Å². The minimum absolute atomic E-state index is 0.280. The minimum Gasteiger partial charge on any atom is -0.494 e. The average Bonchev–Trinajstić information content (AvgIpc) is 2.95. The molecular formula is C17H25N3O. The summed E-state index contributed by atoms with van der Waals surface area (Å²) >= 11 is 0. The maximum absolute atomic E-state index is 5.87. The number of hydrogen-bond acceptors (Lipinski definition) is 3. The highest BCUT2D eigenvalue weighted by Gasteiger charge is 2.14. The Morgan fingerprint density at radius 3 is 2.86 bits per heavy atom. The lowest BCUT2D eigenvalue weighted by molar-refractivity contribution is 0.283. The maximum atomic E-state index is 5.87. The fourth-order valence-corrected chi connectivity index (χ4v) is 2.50. The minimum atomic E-state index is 0.280. The molecule has 1 heterocycles. The van der Waals surface area contributed by atoms with Crippen LogP contribution in [-0.2, 0) is 6.54 Å². The van der Waals surface area contributed by atoms with Crippen molar-refractivity contribution in [3.8, 4) is 5.75 Å². The van der Waals surface area contributed by atoms with E-state index in [0.717, 1.165) is 25.3 Å². The molecule has 0 aliphatic carbocycles. The monoisotopic (exact) mass is 287 g/mol. The van der Waals surface area contributed by atoms with E-state index in [9.17, 15) is 0 Å². The maximum Gasteiger partial charge on any atom is 0.119 e. The van der Waals surface area contributed by atoms with E-state index in [1.165, 1.54) is 11.3 Å². The predicted molar refractivity (Wildman–Crippen MR) is 85.6 cm³/mol. The molecule has 21 heavy (non-hydrogen) atoms. The molecule has 2 aromatic rings. The van der Waals surface area contributed by atoms with Crippen LogP contribution in [0, 0.1) is 6.92 Å². The Balaban J connectivity index is 1.94. The molecule has 1 unspecified atom stereocenters. The summed E-state index contributed by atoms with van der Waals surface area (Å²) in [5, 5.41) is 7.87. The summed E-state index contributed by atoms with van der Waals surface area (Å²) in [5.41, 5.74) is 2.45. The Morgan fingerprint density at radius 2 is 2.14 bits per heavy atom. The number of aryl methyl sites for hydroxylation is 2. The van der Waals surface area contributed by atoms with Gasteiger partial charge in [0.05, 0.1) is 18.3 Å². The molecule has 0 amide bonds. The molecule has 0 bridgehead atoms. The van der Waals surface area contributed by atoms with Crippen LogP contribution in [0.15, 0.2) is 36.5 Å². The number of nitrogens with zero attached hydrogens (tertiary/aromatic N) is 2. The van der Waals surface area contributed by atoms with E-state index in [2.05, 4.69) is 49.4 Å². The number of nitrogens with one attached hydrogen (secondary N) is 1. The van der Waals surface area contributed by atoms with E-state index in [-0.39, 0.29) is 6.04 Å². The summed E-state index contributed by atoms with van der Waals surface area (Å²) in [4.78, 5) is 0. The number of rotatable bonds is 8. The van der Waals surface area contributed by atoms with Crippen molar-refractivity contribution in [3.63, 3.8) is 0 Å². The van der Waals surface area contributed by atoms with Gasteiger partial charge in [-0.3, -0.25) is 4.68 Å². The van der Waals surface area contributed by atoms with Crippen molar-refractivity contribution >= 4 is 0 Å². The van der Waals surface area contributed by atoms with Gasteiger partial charge in [0.15, 0.2) is 0 Å². The van der Waals surface area contributed by atoms with Crippen LogP contribution in [0.25, 0.3) is 0 Å². The van der Waals surface area contributed by atoms with E-state index in [1.54, 1.807) is 0 Å². The molecule has 0 aliphatic rings. The van der Waals surface area contributed by atoms with Gasteiger partial charge >= 0.3 is 0 Å². The van der Waals surface area contributed by atoms with Gasteiger partial charge in [-0.15, -0.1) is 0 Å². The van der Waals surface area contributed by atoms with Crippen LogP contribution in [0.4, 0.5) is 0 Å². The summed E-state index contributed by atoms with van der Waals surface area (Å²) in [6, 6.07) is 10.5. The Morgan fingerprint density at radius 1 is 1.29 bits per heavy atom. The average molecular weight is 287 g/mol. The Kier molecular flexibility index (Phi) is 5.81. The predicted octanol–water partition coefficient (Wildman–Crippen LogP) is 3.33. The summed E-state index contributed by atoms with van der Waals surface area (Å²) in [6.07, 6.45) is 2.79. The molecule has 0 spiro atoms. The zero-order valence-electron chi connectivity index (χ0n) is 13.2. The SMILES string of the molecule is CCNC(CCOc1cccc(C)c1)c1ccnn1CC. The van der Waals surface area contributed by atoms with E-state index in [4.69, 9.17) is 4.74 Å². The van der Waals surface area contributed by atoms with Gasteiger partial charge in [0, 0.05) is 19.2 Å². The number of hydrogen-bond donors (Lipinski definition) is 1. The fraction of sp³-hybridized carbons (Fsp3) is 0.471. The van der Waals surface area contributed by atoms with Gasteiger partial charge in [0.1, 0.15) is 5.75 Å². The van der Waals surface area contributed by atoms with E-state index >= 15 is 0 Å². The second-order valence-electron chi connectivity index (χ2n) is 5.14. The third kappa shape index (κ3) is 4.33. The van der Waals surface area contributed by atoms with E-state index < -0.39 is 0 Å². The quantitative estimate of drug-likeness (QED) is 0.809. The Hall–Kier alpha value is -1.81. The van der Waals surface area contributed by atoms with E-state index in [0.29, 0.717) is 6.61 Å². The molecule has 4 heteroatoms. The zero-order chi connectivity index (χ0) is 15.1. The largest absolute Gasteiger partial charge is 0.494 e. The van der Waals surface area contributed by atoms with Crippen LogP contribution in [0.2, 0.25) is 0 Å². The van der Waals surface area contributed by atoms with Crippen molar-refractivity contribution in [2.24, 2.45) is 0 Å². The molecule has 0 saturated heterocycles. The van der Waals surface area contributed by atoms with Gasteiger partial charge in [-0.25, -0.2) is 0 Å². The van der Waals surface area contributed by atoms with Crippen molar-refractivity contribution in [3.05, 3.63) is 47.8 Å². The van der Waals surface area contributed by atoms with Crippen LogP contribution in [-0.4, -0.2) is 22.9 Å². The number of ether oxygens (including phenoxy) is 1. The number of benzene rings is 1. The van der Waals surface area contributed by atoms with Crippen molar-refractivity contribution in [1.29, 1.82) is 0 Å². The van der Waals surface area contributed by atoms with Crippen LogP contribution in [0.5, 0.6) is 5.75 Å². The zero-order valence-corrected chi connectivity index (χ0v) is 13.2. The van der Waals surface area contributed by atoms with Crippen LogP contribution < -0.4 is 10.1 Å². The fourth-order valence-electron chi connectivity index (χ4n) is 2.50. The summed E-state index contributed by atoms with van der Waals surface area (Å²) < 4.78 is 7.91. The number of aromatic nitrogens is 2. The second-order valence-corrected chi connectivity index (χ2v) is 5.14. The van der Waals surface area contributed by atoms with Gasteiger partial charge in [-0.05, 0) is 44.2 Å². The summed E-state index contributed by atoms with van der Waals surface area (Å²) in [5.74, 6) is 0.939. The normalized spacial score (nSPS) is 12.3. The molecule has 4 nitrogen and oxygen atoms in total. The molecule has 0 fully saturated rings. The smallest absolute Gasteiger partial charge is 0.119 e. The summed E-state index contributed by atoms with van der Waals surface area (Å²) in [7, 11) is 0. The molecule has 1 N–H and O–H groups in total. The molecule has 1 aromatic carbocycles. The lowest BCUT2D eigenvalue weighted by Crippen LogP contribution is -2.25. The molecule has 1 aromatic heterocycles. The highest BCUT2D eigenvalue weighted by Crippen LogP contribution is 2.18. The molecule has 0 saturated carbocycles. The lowest BCUT2D eigenvalue weighted by Gasteiger charge is -2.19. The summed E-state index contributed by atoms with van der Waals surface area (Å²) in [6.45, 7) is 8.83. The first-order chi connectivity index (χ1) is 10.2. The van der Waals surface area contributed by atoms with Gasteiger partial charge in [0.25, 0.3) is 0 Å². The highest BCUT2D eigenvalue weighted by atomic mass is 16.5. The first kappa shape index (κ1) is 15.6. The first-order valence-corrected chi connectivity index (χ1v) is 7.69. The molecule has 1 atom stereocenters. The Labute approximate surface area is 127 Å². The second kappa shape index (κ2) is 7.84. The van der Waals surface area contributed by atoms with Crippen molar-refractivity contribution < 1.29 is 4.74 Å². The third-order valence-corrected chi connectivity index (χ3v) is 3.52. The highest BCUT2D eigenvalue weighted by molar-refractivity contribution is 5.27. The molecule has 0 radical (unpaired) electrons. The Bertz CT molecular complexity index is 550. The standard InChI is InChI=1S/C17H25N3O/c1-4-18-16(17-9-11-19-20(17)5-2)10-12-21-15-8-6-7-14(3)13-15/h6-9,11,13,16,18H,4-5,10,12H2,1-3H3. The van der Waals surface area contributed by atoms with Crippen molar-refractivity contribution in [2.75, 3.05) is 13.2 Å². The van der Waals surface area contributed by atoms with Gasteiger partial charge in [-0.2, -0.15) is 5.10 Å². The van der Waals surface area contributed by atoms with Gasteiger partial charge in [-0.1, -0.05) is 19.1 Å². The molecule has 0 aliphatic heterocycles. The van der Waals surface area contributed by atoms with Crippen LogP contribution in [0.3, 0.4) is 0 Å². The van der Waals surface area contributed by atoms with Gasteiger partial charge in [0.2, 0.25) is 0 Å². The van der Waals surface area contributed by atoms with Gasteiger partial charge < -0.3 is 10.1 Å². The van der Waals surface area contributed by atoms with E-state index in [1.807, 2.05) is 23.0 Å². The van der Waals surface area contributed by atoms with Crippen LogP contribution >= 0.6 is 0 Å². The topological polar surface area (TPSA) is 39.1 Å². The van der Waals surface area contributed by atoms with Crippen molar-refractivity contribution in [1.82, 2.24) is 15.1 Å². The lowest BCUT2D eigenvalue weighted by atomic mass is 10.1. The third-order valence-electron chi connectivity index (χ3n) is 3.52. The first-order valence-electron chi connectivity index (χ1n) is 7.69. The molecule has 2 rings (SSSR count). The van der Waals surface area contributed by atoms with Crippen molar-refractivity contribution in [2.45, 2.75) is 39.8 Å².